The zero-order valence-corrected chi connectivity index (χ0v) is 27.2. The van der Waals surface area contributed by atoms with E-state index in [4.69, 9.17) is 0 Å². The Kier molecular flexibility index (Phi) is 10.1. The van der Waals surface area contributed by atoms with Crippen LogP contribution in [0.25, 0.3) is 22.2 Å². The molecule has 4 aromatic carbocycles. The van der Waals surface area contributed by atoms with E-state index in [-0.39, 0.29) is 33.7 Å². The summed E-state index contributed by atoms with van der Waals surface area (Å²) < 4.78 is 108. The van der Waals surface area contributed by atoms with Crippen molar-refractivity contribution in [2.24, 2.45) is 0 Å². The van der Waals surface area contributed by atoms with Crippen LogP contribution >= 0.6 is 0 Å². The Labute approximate surface area is 283 Å². The highest BCUT2D eigenvalue weighted by Crippen LogP contribution is 2.38. The average molecular weight is 714 g/mol. The number of aromatic nitrogens is 1. The predicted molar refractivity (Wildman–Crippen MR) is 174 cm³/mol. The number of carbonyl (C=O) groups excluding carboxylic acids is 2. The van der Waals surface area contributed by atoms with Gasteiger partial charge >= 0.3 is 12.4 Å². The summed E-state index contributed by atoms with van der Waals surface area (Å²) in [5.74, 6) is -1.34. The van der Waals surface area contributed by atoms with Crippen LogP contribution in [0.15, 0.2) is 108 Å². The molecule has 50 heavy (non-hydrogen) atoms. The third-order valence-electron chi connectivity index (χ3n) is 7.84. The first-order valence-corrected chi connectivity index (χ1v) is 16.6. The minimum Gasteiger partial charge on any atom is -0.345 e. The fraction of sp³-hybridized carbons (Fsp3) is 0.194. The van der Waals surface area contributed by atoms with Gasteiger partial charge in [0.25, 0.3) is 15.9 Å². The number of sulfonamides is 1. The smallest absolute Gasteiger partial charge is 0.345 e. The van der Waals surface area contributed by atoms with E-state index in [0.29, 0.717) is 23.1 Å². The monoisotopic (exact) mass is 713 g/mol. The van der Waals surface area contributed by atoms with Crippen LogP contribution in [0.5, 0.6) is 0 Å². The maximum Gasteiger partial charge on any atom is 0.416 e. The largest absolute Gasteiger partial charge is 0.416 e. The molecule has 0 saturated carbocycles. The first kappa shape index (κ1) is 36.1. The van der Waals surface area contributed by atoms with Gasteiger partial charge in [-0.1, -0.05) is 62.4 Å². The molecule has 1 unspecified atom stereocenters. The number of hydrogen-bond acceptors (Lipinski definition) is 5. The Balaban J connectivity index is 1.37. The average Bonchev–Trinajstić information content (AvgIpc) is 3.06. The molecule has 0 aliphatic heterocycles. The number of rotatable bonds is 9. The number of alkyl halides is 6. The normalized spacial score (nSPS) is 12.9. The molecule has 0 spiro atoms. The number of pyridine rings is 1. The lowest BCUT2D eigenvalue weighted by Crippen LogP contribution is -2.36. The van der Waals surface area contributed by atoms with Gasteiger partial charge in [-0.25, -0.2) is 18.1 Å². The highest BCUT2D eigenvalue weighted by Gasteiger charge is 2.37. The van der Waals surface area contributed by atoms with Gasteiger partial charge in [0.2, 0.25) is 5.91 Å². The highest BCUT2D eigenvalue weighted by molar-refractivity contribution is 7.90. The molecule has 0 aliphatic carbocycles. The van der Waals surface area contributed by atoms with Crippen LogP contribution in [0.1, 0.15) is 64.8 Å². The van der Waals surface area contributed by atoms with Crippen molar-refractivity contribution in [3.8, 4) is 11.3 Å². The molecular weight excluding hydrogens is 684 g/mol. The molecule has 0 fully saturated rings. The standard InChI is InChI=1S/C36H29F6N3O4S/c1-21(2)22-8-12-29(13-9-22)50(48,49)45-33(46)20-32(23-6-4-3-5-7-23)44-34(47)25-11-15-30-24(16-25)10-14-31(43-30)26-17-27(35(37,38)39)19-28(18-26)36(40,41)42/h3-19,21,32H,20H2,1-2H3,(H,44,47)(H,45,46). The van der Waals surface area contributed by atoms with E-state index < -0.39 is 63.3 Å². The Morgan fingerprint density at radius 2 is 1.36 bits per heavy atom. The number of hydrogen-bond donors (Lipinski definition) is 2. The summed E-state index contributed by atoms with van der Waals surface area (Å²) in [5.41, 5.74) is -1.77. The van der Waals surface area contributed by atoms with Gasteiger partial charge in [0.1, 0.15) is 0 Å². The molecular formula is C36H29F6N3O4S. The summed E-state index contributed by atoms with van der Waals surface area (Å²) in [4.78, 5) is 30.6. The molecule has 1 heterocycles. The van der Waals surface area contributed by atoms with Crippen molar-refractivity contribution >= 4 is 32.7 Å². The molecule has 0 radical (unpaired) electrons. The zero-order chi connectivity index (χ0) is 36.4. The second-order valence-electron chi connectivity index (χ2n) is 11.8. The molecule has 0 bridgehead atoms. The lowest BCUT2D eigenvalue weighted by Gasteiger charge is -2.19. The van der Waals surface area contributed by atoms with E-state index in [1.807, 2.05) is 18.6 Å². The summed E-state index contributed by atoms with van der Waals surface area (Å²) in [6.45, 7) is 3.91. The summed E-state index contributed by atoms with van der Waals surface area (Å²) in [5, 5.41) is 3.10. The van der Waals surface area contributed by atoms with Crippen molar-refractivity contribution in [2.75, 3.05) is 0 Å². The van der Waals surface area contributed by atoms with E-state index in [1.165, 1.54) is 42.5 Å². The van der Waals surface area contributed by atoms with Crippen LogP contribution < -0.4 is 10.0 Å². The summed E-state index contributed by atoms with van der Waals surface area (Å²) >= 11 is 0. The minimum atomic E-state index is -5.03. The van der Waals surface area contributed by atoms with Crippen LogP contribution in [-0.2, 0) is 27.2 Å². The zero-order valence-electron chi connectivity index (χ0n) is 26.4. The SMILES string of the molecule is CC(C)c1ccc(S(=O)(=O)NC(=O)CC(NC(=O)c2ccc3nc(-c4cc(C(F)(F)F)cc(C(F)(F)F)c4)ccc3c2)c2ccccc2)cc1. The number of nitrogens with zero attached hydrogens (tertiary/aromatic N) is 1. The number of halogens is 6. The molecule has 2 N–H and O–H groups in total. The maximum atomic E-state index is 13.4. The molecule has 2 amide bonds. The van der Waals surface area contributed by atoms with E-state index in [2.05, 4.69) is 10.3 Å². The van der Waals surface area contributed by atoms with Crippen LogP contribution in [-0.4, -0.2) is 25.2 Å². The topological polar surface area (TPSA) is 105 Å². The van der Waals surface area contributed by atoms with Crippen molar-refractivity contribution < 1.29 is 44.3 Å². The van der Waals surface area contributed by atoms with E-state index in [0.717, 1.165) is 5.56 Å². The molecule has 1 atom stereocenters. The Morgan fingerprint density at radius 3 is 1.94 bits per heavy atom. The number of fused-ring (bicyclic) bond motifs is 1. The van der Waals surface area contributed by atoms with Crippen molar-refractivity contribution in [2.45, 2.75) is 49.5 Å². The number of carbonyl (C=O) groups is 2. The van der Waals surface area contributed by atoms with Gasteiger partial charge in [0.15, 0.2) is 0 Å². The van der Waals surface area contributed by atoms with Gasteiger partial charge in [-0.2, -0.15) is 26.3 Å². The van der Waals surface area contributed by atoms with Crippen molar-refractivity contribution in [3.05, 3.63) is 131 Å². The van der Waals surface area contributed by atoms with Gasteiger partial charge in [0, 0.05) is 16.5 Å². The Morgan fingerprint density at radius 1 is 0.740 bits per heavy atom. The molecule has 5 aromatic rings. The van der Waals surface area contributed by atoms with E-state index in [1.54, 1.807) is 42.5 Å². The van der Waals surface area contributed by atoms with Crippen LogP contribution in [0, 0.1) is 0 Å². The van der Waals surface area contributed by atoms with E-state index in [9.17, 15) is 44.3 Å². The van der Waals surface area contributed by atoms with Crippen LogP contribution in [0.2, 0.25) is 0 Å². The predicted octanol–water partition coefficient (Wildman–Crippen LogP) is 8.43. The van der Waals surface area contributed by atoms with Crippen LogP contribution in [0.3, 0.4) is 0 Å². The summed E-state index contributed by atoms with van der Waals surface area (Å²) in [6.07, 6.45) is -10.5. The Bertz CT molecular complexity index is 2120. The third-order valence-corrected chi connectivity index (χ3v) is 9.23. The fourth-order valence-corrected chi connectivity index (χ4v) is 6.17. The third kappa shape index (κ3) is 8.48. The first-order valence-electron chi connectivity index (χ1n) is 15.1. The number of benzene rings is 4. The van der Waals surface area contributed by atoms with Gasteiger partial charge < -0.3 is 5.32 Å². The molecule has 0 aliphatic rings. The van der Waals surface area contributed by atoms with E-state index >= 15 is 0 Å². The van der Waals surface area contributed by atoms with Gasteiger partial charge in [-0.05, 0) is 71.6 Å². The molecule has 260 valence electrons. The van der Waals surface area contributed by atoms with Crippen molar-refractivity contribution in [3.63, 3.8) is 0 Å². The first-order chi connectivity index (χ1) is 23.4. The highest BCUT2D eigenvalue weighted by atomic mass is 32.2. The molecule has 1 aromatic heterocycles. The fourth-order valence-electron chi connectivity index (χ4n) is 5.18. The molecule has 7 nitrogen and oxygen atoms in total. The number of nitrogens with one attached hydrogen (secondary N) is 2. The second-order valence-corrected chi connectivity index (χ2v) is 13.5. The maximum absolute atomic E-state index is 13.4. The molecule has 14 heteroatoms. The second kappa shape index (κ2) is 13.9. The van der Waals surface area contributed by atoms with Gasteiger partial charge in [-0.3, -0.25) is 9.59 Å². The van der Waals surface area contributed by atoms with Crippen molar-refractivity contribution in [1.29, 1.82) is 0 Å². The van der Waals surface area contributed by atoms with Crippen molar-refractivity contribution in [1.82, 2.24) is 15.0 Å². The molecule has 5 rings (SSSR count). The van der Waals surface area contributed by atoms with Gasteiger partial charge in [-0.15, -0.1) is 0 Å². The quantitative estimate of drug-likeness (QED) is 0.149. The summed E-state index contributed by atoms with van der Waals surface area (Å²) in [7, 11) is -4.21. The minimum absolute atomic E-state index is 0.0339. The summed E-state index contributed by atoms with van der Waals surface area (Å²) in [6, 6.07) is 21.6. The number of amides is 2. The lowest BCUT2D eigenvalue weighted by molar-refractivity contribution is -0.143. The molecule has 0 saturated heterocycles. The van der Waals surface area contributed by atoms with Gasteiger partial charge in [0.05, 0.1) is 39.7 Å². The lowest BCUT2D eigenvalue weighted by atomic mass is 10.0. The Hall–Kier alpha value is -5.24. The van der Waals surface area contributed by atoms with Crippen LogP contribution in [0.4, 0.5) is 26.3 Å².